The molecule has 0 bridgehead atoms. The Morgan fingerprint density at radius 2 is 1.94 bits per heavy atom. The second-order valence-corrected chi connectivity index (χ2v) is 4.38. The molecule has 16 heavy (non-hydrogen) atoms. The highest BCUT2D eigenvalue weighted by molar-refractivity contribution is 9.10. The molecule has 0 spiro atoms. The molecule has 0 radical (unpaired) electrons. The standard InChI is InChI=1S/C7H2BrF4NO2S/c8-5-4(13(14)15)2-1-3(9)6(5)16-7(10,11)12/h1-2H. The highest BCUT2D eigenvalue weighted by Crippen LogP contribution is 2.44. The fourth-order valence-corrected chi connectivity index (χ4v) is 2.17. The van der Waals surface area contributed by atoms with Gasteiger partial charge in [-0.3, -0.25) is 10.1 Å². The van der Waals surface area contributed by atoms with Crippen molar-refractivity contribution < 1.29 is 22.5 Å². The zero-order valence-corrected chi connectivity index (χ0v) is 9.62. The van der Waals surface area contributed by atoms with Gasteiger partial charge >= 0.3 is 5.51 Å². The van der Waals surface area contributed by atoms with Crippen LogP contribution in [0.15, 0.2) is 21.5 Å². The Morgan fingerprint density at radius 3 is 2.38 bits per heavy atom. The maximum atomic E-state index is 13.1. The molecule has 0 aliphatic rings. The molecular formula is C7H2BrF4NO2S. The Kier molecular flexibility index (Phi) is 3.79. The van der Waals surface area contributed by atoms with Gasteiger partial charge in [0.25, 0.3) is 5.69 Å². The van der Waals surface area contributed by atoms with E-state index >= 15 is 0 Å². The first-order valence-electron chi connectivity index (χ1n) is 3.60. The van der Waals surface area contributed by atoms with Crippen molar-refractivity contribution in [3.05, 3.63) is 32.5 Å². The first kappa shape index (κ1) is 13.2. The first-order chi connectivity index (χ1) is 7.22. The van der Waals surface area contributed by atoms with Gasteiger partial charge in [-0.25, -0.2) is 4.39 Å². The third kappa shape index (κ3) is 3.08. The SMILES string of the molecule is O=[N+]([O-])c1ccc(F)c(SC(F)(F)F)c1Br. The van der Waals surface area contributed by atoms with Crippen LogP contribution in [0.3, 0.4) is 0 Å². The normalized spacial score (nSPS) is 11.6. The van der Waals surface area contributed by atoms with Crippen molar-refractivity contribution in [3.63, 3.8) is 0 Å². The number of nitro benzene ring substituents is 1. The van der Waals surface area contributed by atoms with Crippen LogP contribution in [0, 0.1) is 15.9 Å². The molecule has 0 aliphatic heterocycles. The number of hydrogen-bond donors (Lipinski definition) is 0. The molecule has 1 aromatic rings. The summed E-state index contributed by atoms with van der Waals surface area (Å²) >= 11 is 1.84. The van der Waals surface area contributed by atoms with E-state index in [9.17, 15) is 27.7 Å². The molecule has 0 atom stereocenters. The van der Waals surface area contributed by atoms with Crippen LogP contribution in [0.2, 0.25) is 0 Å². The van der Waals surface area contributed by atoms with Crippen LogP contribution in [0.5, 0.6) is 0 Å². The van der Waals surface area contributed by atoms with Gasteiger partial charge in [0.1, 0.15) is 10.3 Å². The molecule has 1 aromatic carbocycles. The van der Waals surface area contributed by atoms with Gasteiger partial charge in [0.05, 0.1) is 9.82 Å². The van der Waals surface area contributed by atoms with Crippen LogP contribution in [-0.4, -0.2) is 10.4 Å². The molecule has 0 aliphatic carbocycles. The summed E-state index contributed by atoms with van der Waals surface area (Å²) in [4.78, 5) is 8.67. The molecule has 0 N–H and O–H groups in total. The average Bonchev–Trinajstić information content (AvgIpc) is 2.10. The number of rotatable bonds is 2. The predicted molar refractivity (Wildman–Crippen MR) is 52.7 cm³/mol. The van der Waals surface area contributed by atoms with Gasteiger partial charge < -0.3 is 0 Å². The molecule has 0 heterocycles. The molecule has 9 heteroatoms. The summed E-state index contributed by atoms with van der Waals surface area (Å²) in [6.45, 7) is 0. The molecule has 88 valence electrons. The van der Waals surface area contributed by atoms with Crippen molar-refractivity contribution in [3.8, 4) is 0 Å². The van der Waals surface area contributed by atoms with E-state index in [0.717, 1.165) is 6.07 Å². The van der Waals surface area contributed by atoms with E-state index in [-0.39, 0.29) is 0 Å². The number of hydrogen-bond acceptors (Lipinski definition) is 3. The van der Waals surface area contributed by atoms with Crippen LogP contribution in [-0.2, 0) is 0 Å². The lowest BCUT2D eigenvalue weighted by Crippen LogP contribution is -2.02. The Balaban J connectivity index is 3.27. The molecular weight excluding hydrogens is 318 g/mol. The number of halogens is 5. The lowest BCUT2D eigenvalue weighted by molar-refractivity contribution is -0.386. The van der Waals surface area contributed by atoms with Crippen molar-refractivity contribution in [1.29, 1.82) is 0 Å². The smallest absolute Gasteiger partial charge is 0.258 e. The second kappa shape index (κ2) is 4.58. The Bertz CT molecular complexity index is 437. The summed E-state index contributed by atoms with van der Waals surface area (Å²) in [5, 5.41) is 10.4. The van der Waals surface area contributed by atoms with E-state index in [1.807, 2.05) is 0 Å². The van der Waals surface area contributed by atoms with Crippen LogP contribution in [0.1, 0.15) is 0 Å². The van der Waals surface area contributed by atoms with E-state index in [4.69, 9.17) is 0 Å². The van der Waals surface area contributed by atoms with Gasteiger partial charge in [0.2, 0.25) is 0 Å². The van der Waals surface area contributed by atoms with Crippen molar-refractivity contribution in [2.45, 2.75) is 10.4 Å². The van der Waals surface area contributed by atoms with Crippen LogP contribution in [0.25, 0.3) is 0 Å². The second-order valence-electron chi connectivity index (χ2n) is 2.51. The van der Waals surface area contributed by atoms with Gasteiger partial charge in [-0.15, -0.1) is 0 Å². The van der Waals surface area contributed by atoms with E-state index in [2.05, 4.69) is 15.9 Å². The van der Waals surface area contributed by atoms with Crippen molar-refractivity contribution in [2.75, 3.05) is 0 Å². The number of nitro groups is 1. The van der Waals surface area contributed by atoms with Crippen LogP contribution >= 0.6 is 27.7 Å². The quantitative estimate of drug-likeness (QED) is 0.356. The van der Waals surface area contributed by atoms with Gasteiger partial charge in [-0.1, -0.05) is 0 Å². The molecule has 1 rings (SSSR count). The van der Waals surface area contributed by atoms with E-state index < -0.39 is 43.1 Å². The minimum absolute atomic E-state index is 0.514. The molecule has 0 aromatic heterocycles. The van der Waals surface area contributed by atoms with Crippen LogP contribution < -0.4 is 0 Å². The predicted octanol–water partition coefficient (Wildman–Crippen LogP) is 4.11. The third-order valence-electron chi connectivity index (χ3n) is 1.44. The molecule has 0 fully saturated rings. The van der Waals surface area contributed by atoms with Crippen molar-refractivity contribution >= 4 is 33.4 Å². The Labute approximate surface area is 99.1 Å². The highest BCUT2D eigenvalue weighted by atomic mass is 79.9. The summed E-state index contributed by atoms with van der Waals surface area (Å²) in [5.74, 6) is -1.17. The molecule has 0 saturated carbocycles. The van der Waals surface area contributed by atoms with Gasteiger partial charge in [0.15, 0.2) is 0 Å². The largest absolute Gasteiger partial charge is 0.446 e. The van der Waals surface area contributed by atoms with Gasteiger partial charge in [-0.05, 0) is 33.8 Å². The monoisotopic (exact) mass is 319 g/mol. The van der Waals surface area contributed by atoms with E-state index in [1.165, 1.54) is 0 Å². The number of benzene rings is 1. The van der Waals surface area contributed by atoms with E-state index in [0.29, 0.717) is 6.07 Å². The number of nitrogens with zero attached hydrogens (tertiary/aromatic N) is 1. The molecule has 3 nitrogen and oxygen atoms in total. The summed E-state index contributed by atoms with van der Waals surface area (Å²) in [6, 6.07) is 1.41. The highest BCUT2D eigenvalue weighted by Gasteiger charge is 2.33. The fourth-order valence-electron chi connectivity index (χ4n) is 0.872. The van der Waals surface area contributed by atoms with Crippen molar-refractivity contribution in [1.82, 2.24) is 0 Å². The molecule has 0 amide bonds. The Morgan fingerprint density at radius 1 is 1.38 bits per heavy atom. The Hall–Kier alpha value is -0.830. The van der Waals surface area contributed by atoms with Gasteiger partial charge in [-0.2, -0.15) is 13.2 Å². The summed E-state index contributed by atoms with van der Waals surface area (Å²) in [6.07, 6.45) is 0. The minimum Gasteiger partial charge on any atom is -0.258 e. The number of thioether (sulfide) groups is 1. The van der Waals surface area contributed by atoms with Crippen molar-refractivity contribution in [2.24, 2.45) is 0 Å². The minimum atomic E-state index is -4.71. The summed E-state index contributed by atoms with van der Waals surface area (Å²) in [7, 11) is 0. The maximum Gasteiger partial charge on any atom is 0.446 e. The summed E-state index contributed by atoms with van der Waals surface area (Å²) < 4.78 is 48.7. The zero-order chi connectivity index (χ0) is 12.5. The lowest BCUT2D eigenvalue weighted by Gasteiger charge is -2.08. The first-order valence-corrected chi connectivity index (χ1v) is 5.21. The summed E-state index contributed by atoms with van der Waals surface area (Å²) in [5.41, 5.74) is -5.33. The maximum absolute atomic E-state index is 13.1. The van der Waals surface area contributed by atoms with Gasteiger partial charge in [0, 0.05) is 6.07 Å². The third-order valence-corrected chi connectivity index (χ3v) is 3.34. The average molecular weight is 320 g/mol. The fraction of sp³-hybridized carbons (Fsp3) is 0.143. The van der Waals surface area contributed by atoms with Crippen LogP contribution in [0.4, 0.5) is 23.2 Å². The zero-order valence-electron chi connectivity index (χ0n) is 7.22. The number of alkyl halides is 3. The lowest BCUT2D eigenvalue weighted by atomic mass is 10.3. The molecule has 0 unspecified atom stereocenters. The topological polar surface area (TPSA) is 43.1 Å². The molecule has 0 saturated heterocycles. The van der Waals surface area contributed by atoms with E-state index in [1.54, 1.807) is 0 Å².